The van der Waals surface area contributed by atoms with Crippen molar-refractivity contribution in [3.8, 4) is 0 Å². The summed E-state index contributed by atoms with van der Waals surface area (Å²) < 4.78 is 1.80. The van der Waals surface area contributed by atoms with Crippen LogP contribution in [0.2, 0.25) is 0 Å². The third-order valence-electron chi connectivity index (χ3n) is 3.32. The second kappa shape index (κ2) is 3.84. The fourth-order valence-electron chi connectivity index (χ4n) is 2.48. The third-order valence-corrected chi connectivity index (χ3v) is 3.32. The van der Waals surface area contributed by atoms with Gasteiger partial charge in [-0.25, -0.2) is 4.98 Å². The van der Waals surface area contributed by atoms with Gasteiger partial charge in [-0.15, -0.1) is 0 Å². The van der Waals surface area contributed by atoms with Crippen molar-refractivity contribution in [2.45, 2.75) is 25.8 Å². The molecule has 0 fully saturated rings. The van der Waals surface area contributed by atoms with E-state index in [9.17, 15) is 4.79 Å². The topological polar surface area (TPSA) is 34.9 Å². The average Bonchev–Trinajstić information content (AvgIpc) is 2.74. The molecule has 2 heterocycles. The van der Waals surface area contributed by atoms with E-state index in [1.165, 1.54) is 5.56 Å². The summed E-state index contributed by atoms with van der Waals surface area (Å²) in [6.07, 6.45) is 0.862. The number of nitrogens with zero attached hydrogens (tertiary/aromatic N) is 2. The van der Waals surface area contributed by atoms with E-state index >= 15 is 0 Å². The highest BCUT2D eigenvalue weighted by molar-refractivity contribution is 5.23. The molecule has 1 atom stereocenters. The van der Waals surface area contributed by atoms with Gasteiger partial charge in [0.1, 0.15) is 5.82 Å². The minimum absolute atomic E-state index is 0.0749. The van der Waals surface area contributed by atoms with Crippen molar-refractivity contribution in [2.75, 3.05) is 0 Å². The minimum Gasteiger partial charge on any atom is -0.296 e. The van der Waals surface area contributed by atoms with Crippen LogP contribution in [0, 0.1) is 6.92 Å². The Morgan fingerprint density at radius 3 is 2.82 bits per heavy atom. The first kappa shape index (κ1) is 10.3. The third kappa shape index (κ3) is 1.78. The summed E-state index contributed by atoms with van der Waals surface area (Å²) in [4.78, 5) is 16.3. The maximum atomic E-state index is 11.8. The first-order valence-corrected chi connectivity index (χ1v) is 5.86. The van der Waals surface area contributed by atoms with Gasteiger partial charge in [-0.2, -0.15) is 0 Å². The van der Waals surface area contributed by atoms with Gasteiger partial charge >= 0.3 is 0 Å². The summed E-state index contributed by atoms with van der Waals surface area (Å²) in [6, 6.07) is 11.9. The molecular weight excluding hydrogens is 212 g/mol. The van der Waals surface area contributed by atoms with E-state index in [0.29, 0.717) is 5.92 Å². The second-order valence-corrected chi connectivity index (χ2v) is 4.57. The van der Waals surface area contributed by atoms with Crippen molar-refractivity contribution >= 4 is 0 Å². The Kier molecular flexibility index (Phi) is 2.32. The molecule has 3 rings (SSSR count). The Hall–Kier alpha value is -1.90. The van der Waals surface area contributed by atoms with Gasteiger partial charge in [-0.3, -0.25) is 9.36 Å². The van der Waals surface area contributed by atoms with Gasteiger partial charge in [-0.1, -0.05) is 30.3 Å². The van der Waals surface area contributed by atoms with E-state index < -0.39 is 0 Å². The van der Waals surface area contributed by atoms with Gasteiger partial charge in [0.2, 0.25) is 0 Å². The predicted octanol–water partition coefficient (Wildman–Crippen LogP) is 1.89. The minimum atomic E-state index is 0.0749. The Morgan fingerprint density at radius 2 is 2.06 bits per heavy atom. The molecule has 86 valence electrons. The fraction of sp³-hybridized carbons (Fsp3) is 0.286. The first-order chi connectivity index (χ1) is 8.24. The average molecular weight is 226 g/mol. The number of rotatable bonds is 1. The van der Waals surface area contributed by atoms with Crippen molar-refractivity contribution in [1.82, 2.24) is 9.55 Å². The number of benzene rings is 1. The molecule has 0 N–H and O–H groups in total. The van der Waals surface area contributed by atoms with Crippen LogP contribution in [0.1, 0.15) is 23.0 Å². The summed E-state index contributed by atoms with van der Waals surface area (Å²) in [6.45, 7) is 2.63. The van der Waals surface area contributed by atoms with E-state index in [1.54, 1.807) is 10.6 Å². The summed E-state index contributed by atoms with van der Waals surface area (Å²) in [7, 11) is 0. The van der Waals surface area contributed by atoms with Crippen LogP contribution in [-0.4, -0.2) is 9.55 Å². The number of fused-ring (bicyclic) bond motifs is 1. The Balaban J connectivity index is 1.99. The molecule has 0 bridgehead atoms. The van der Waals surface area contributed by atoms with Crippen molar-refractivity contribution in [3.05, 3.63) is 63.8 Å². The Labute approximate surface area is 99.8 Å². The highest BCUT2D eigenvalue weighted by atomic mass is 16.1. The molecule has 1 aliphatic rings. The molecular formula is C14H14N2O. The zero-order valence-electron chi connectivity index (χ0n) is 9.76. The molecule has 17 heavy (non-hydrogen) atoms. The highest BCUT2D eigenvalue weighted by Gasteiger charge is 2.24. The molecule has 0 spiro atoms. The van der Waals surface area contributed by atoms with Crippen LogP contribution in [0.4, 0.5) is 0 Å². The van der Waals surface area contributed by atoms with Crippen molar-refractivity contribution < 1.29 is 0 Å². The molecule has 1 aromatic carbocycles. The van der Waals surface area contributed by atoms with Crippen LogP contribution >= 0.6 is 0 Å². The van der Waals surface area contributed by atoms with Gasteiger partial charge in [0.15, 0.2) is 0 Å². The molecule has 0 amide bonds. The number of aryl methyl sites for hydroxylation is 1. The lowest BCUT2D eigenvalue weighted by molar-refractivity contribution is 0.637. The smallest absolute Gasteiger partial charge is 0.253 e. The maximum Gasteiger partial charge on any atom is 0.253 e. The lowest BCUT2D eigenvalue weighted by Crippen LogP contribution is -2.20. The molecule has 1 aromatic heterocycles. The van der Waals surface area contributed by atoms with Crippen molar-refractivity contribution in [2.24, 2.45) is 0 Å². The van der Waals surface area contributed by atoms with E-state index in [0.717, 1.165) is 24.5 Å². The van der Waals surface area contributed by atoms with Crippen molar-refractivity contribution in [1.29, 1.82) is 0 Å². The summed E-state index contributed by atoms with van der Waals surface area (Å²) in [5, 5.41) is 0. The van der Waals surface area contributed by atoms with E-state index in [2.05, 4.69) is 17.1 Å². The van der Waals surface area contributed by atoms with Crippen LogP contribution in [0.15, 0.2) is 41.2 Å². The van der Waals surface area contributed by atoms with Gasteiger partial charge < -0.3 is 0 Å². The van der Waals surface area contributed by atoms with E-state index in [4.69, 9.17) is 0 Å². The molecule has 2 aromatic rings. The molecule has 0 saturated carbocycles. The normalized spacial score (nSPS) is 18.1. The number of hydrogen-bond donors (Lipinski definition) is 0. The first-order valence-electron chi connectivity index (χ1n) is 5.86. The van der Waals surface area contributed by atoms with E-state index in [1.807, 2.05) is 25.1 Å². The quantitative estimate of drug-likeness (QED) is 0.744. The zero-order valence-corrected chi connectivity index (χ0v) is 9.76. The van der Waals surface area contributed by atoms with Crippen LogP contribution in [0.25, 0.3) is 0 Å². The fourth-order valence-corrected chi connectivity index (χ4v) is 2.48. The summed E-state index contributed by atoms with van der Waals surface area (Å²) in [5.41, 5.74) is 2.18. The van der Waals surface area contributed by atoms with Gasteiger partial charge in [0.25, 0.3) is 5.56 Å². The molecule has 3 nitrogen and oxygen atoms in total. The molecule has 1 aliphatic heterocycles. The lowest BCUT2D eigenvalue weighted by atomic mass is 9.98. The van der Waals surface area contributed by atoms with Crippen LogP contribution in [0.3, 0.4) is 0 Å². The SMILES string of the molecule is Cc1cc(=O)n2c(n1)CC(c1ccccc1)C2. The number of hydrogen-bond acceptors (Lipinski definition) is 2. The van der Waals surface area contributed by atoms with Crippen LogP contribution < -0.4 is 5.56 Å². The number of aromatic nitrogens is 2. The summed E-state index contributed by atoms with van der Waals surface area (Å²) >= 11 is 0. The highest BCUT2D eigenvalue weighted by Crippen LogP contribution is 2.26. The molecule has 3 heteroatoms. The lowest BCUT2D eigenvalue weighted by Gasteiger charge is -2.07. The zero-order chi connectivity index (χ0) is 11.8. The largest absolute Gasteiger partial charge is 0.296 e. The van der Waals surface area contributed by atoms with Gasteiger partial charge in [0, 0.05) is 30.6 Å². The molecule has 0 radical (unpaired) electrons. The summed E-state index contributed by atoms with van der Waals surface area (Å²) in [5.74, 6) is 1.31. The monoisotopic (exact) mass is 226 g/mol. The van der Waals surface area contributed by atoms with E-state index in [-0.39, 0.29) is 5.56 Å². The van der Waals surface area contributed by atoms with Gasteiger partial charge in [0.05, 0.1) is 0 Å². The van der Waals surface area contributed by atoms with Crippen LogP contribution in [0.5, 0.6) is 0 Å². The predicted molar refractivity (Wildman–Crippen MR) is 66.1 cm³/mol. The molecule has 1 unspecified atom stereocenters. The molecule has 0 aliphatic carbocycles. The molecule has 0 saturated heterocycles. The van der Waals surface area contributed by atoms with Crippen LogP contribution in [-0.2, 0) is 13.0 Å². The maximum absolute atomic E-state index is 11.8. The van der Waals surface area contributed by atoms with Crippen molar-refractivity contribution in [3.63, 3.8) is 0 Å². The second-order valence-electron chi connectivity index (χ2n) is 4.57. The van der Waals surface area contributed by atoms with Gasteiger partial charge in [-0.05, 0) is 12.5 Å². The Bertz CT molecular complexity index is 601. The Morgan fingerprint density at radius 1 is 1.29 bits per heavy atom. The standard InChI is InChI=1S/C14H14N2O/c1-10-7-14(17)16-9-12(8-13(16)15-10)11-5-3-2-4-6-11/h2-7,12H,8-9H2,1H3.